The van der Waals surface area contributed by atoms with E-state index in [0.29, 0.717) is 16.2 Å². The molecular formula is C14H15N5O3S2. The van der Waals surface area contributed by atoms with E-state index in [1.807, 2.05) is 13.8 Å². The van der Waals surface area contributed by atoms with Crippen LogP contribution in [-0.2, 0) is 10.0 Å². The van der Waals surface area contributed by atoms with Crippen LogP contribution in [0.1, 0.15) is 20.9 Å². The lowest BCUT2D eigenvalue weighted by Gasteiger charge is -2.05. The molecule has 3 aromatic rings. The van der Waals surface area contributed by atoms with Gasteiger partial charge in [-0.25, -0.2) is 12.9 Å². The van der Waals surface area contributed by atoms with Crippen molar-refractivity contribution in [2.45, 2.75) is 13.8 Å². The van der Waals surface area contributed by atoms with Gasteiger partial charge in [0.1, 0.15) is 0 Å². The second-order valence-electron chi connectivity index (χ2n) is 5.28. The van der Waals surface area contributed by atoms with Crippen molar-refractivity contribution in [3.63, 3.8) is 0 Å². The van der Waals surface area contributed by atoms with Crippen LogP contribution in [0.15, 0.2) is 24.3 Å². The molecule has 0 spiro atoms. The van der Waals surface area contributed by atoms with Crippen LogP contribution in [0.2, 0.25) is 0 Å². The summed E-state index contributed by atoms with van der Waals surface area (Å²) in [6.45, 7) is 3.92. The van der Waals surface area contributed by atoms with Crippen LogP contribution >= 0.6 is 11.3 Å². The van der Waals surface area contributed by atoms with Crippen LogP contribution in [0.4, 0.5) is 11.6 Å². The highest BCUT2D eigenvalue weighted by atomic mass is 32.2. The summed E-state index contributed by atoms with van der Waals surface area (Å²) in [6, 6.07) is 6.08. The van der Waals surface area contributed by atoms with Crippen LogP contribution in [-0.4, -0.2) is 35.2 Å². The second kappa shape index (κ2) is 5.87. The Morgan fingerprint density at radius 1 is 1.21 bits per heavy atom. The third-order valence-corrected chi connectivity index (χ3v) is 4.98. The minimum atomic E-state index is -3.35. The van der Waals surface area contributed by atoms with E-state index in [9.17, 15) is 13.2 Å². The Hall–Kier alpha value is -2.46. The Morgan fingerprint density at radius 2 is 1.88 bits per heavy atom. The standard InChI is InChI=1S/C14H15N5O3S2/c1-8-9(2)23-14-16-13(17-19(8)14)15-12(20)10-4-6-11(7-5-10)18-24(3,21)22/h4-7,18H,1-3H3,(H,15,17,20). The number of aromatic nitrogens is 3. The van der Waals surface area contributed by atoms with Crippen molar-refractivity contribution in [2.24, 2.45) is 0 Å². The van der Waals surface area contributed by atoms with E-state index in [0.717, 1.165) is 16.8 Å². The Balaban J connectivity index is 1.76. The third-order valence-electron chi connectivity index (χ3n) is 3.32. The molecule has 2 heterocycles. The molecular weight excluding hydrogens is 350 g/mol. The first kappa shape index (κ1) is 16.4. The predicted octanol–water partition coefficient (Wildman–Crippen LogP) is 2.03. The van der Waals surface area contributed by atoms with E-state index < -0.39 is 10.0 Å². The molecule has 2 aromatic heterocycles. The van der Waals surface area contributed by atoms with Gasteiger partial charge in [-0.3, -0.25) is 14.8 Å². The molecule has 0 aliphatic rings. The Labute approximate surface area is 142 Å². The molecule has 1 amide bonds. The number of amides is 1. The van der Waals surface area contributed by atoms with Gasteiger partial charge in [0.2, 0.25) is 15.0 Å². The van der Waals surface area contributed by atoms with E-state index in [1.54, 1.807) is 4.52 Å². The average Bonchev–Trinajstić information content (AvgIpc) is 2.98. The smallest absolute Gasteiger partial charge is 0.258 e. The number of sulfonamides is 1. The maximum Gasteiger partial charge on any atom is 0.258 e. The molecule has 24 heavy (non-hydrogen) atoms. The molecule has 2 N–H and O–H groups in total. The van der Waals surface area contributed by atoms with Crippen molar-refractivity contribution in [3.05, 3.63) is 40.4 Å². The molecule has 0 radical (unpaired) electrons. The minimum absolute atomic E-state index is 0.229. The molecule has 3 rings (SSSR count). The van der Waals surface area contributed by atoms with Crippen LogP contribution in [0.3, 0.4) is 0 Å². The number of anilines is 2. The fourth-order valence-electron chi connectivity index (χ4n) is 2.07. The highest BCUT2D eigenvalue weighted by Crippen LogP contribution is 2.21. The zero-order valence-corrected chi connectivity index (χ0v) is 14.8. The Morgan fingerprint density at radius 3 is 2.46 bits per heavy atom. The van der Waals surface area contributed by atoms with Crippen molar-refractivity contribution in [1.29, 1.82) is 0 Å². The zero-order chi connectivity index (χ0) is 17.5. The number of hydrogen-bond acceptors (Lipinski definition) is 6. The molecule has 0 aliphatic heterocycles. The highest BCUT2D eigenvalue weighted by Gasteiger charge is 2.14. The first-order chi connectivity index (χ1) is 11.2. The number of benzene rings is 1. The lowest BCUT2D eigenvalue weighted by Crippen LogP contribution is -2.14. The highest BCUT2D eigenvalue weighted by molar-refractivity contribution is 7.92. The number of carbonyl (C=O) groups is 1. The molecule has 0 aliphatic carbocycles. The van der Waals surface area contributed by atoms with Gasteiger partial charge in [-0.05, 0) is 38.1 Å². The molecule has 8 nitrogen and oxygen atoms in total. The van der Waals surface area contributed by atoms with Gasteiger partial charge in [0.15, 0.2) is 0 Å². The van der Waals surface area contributed by atoms with Crippen LogP contribution in [0, 0.1) is 13.8 Å². The van der Waals surface area contributed by atoms with Crippen molar-refractivity contribution in [1.82, 2.24) is 14.6 Å². The van der Waals surface area contributed by atoms with Gasteiger partial charge in [-0.15, -0.1) is 5.10 Å². The predicted molar refractivity (Wildman–Crippen MR) is 93.2 cm³/mol. The van der Waals surface area contributed by atoms with E-state index in [1.165, 1.54) is 35.6 Å². The minimum Gasteiger partial charge on any atom is -0.289 e. The summed E-state index contributed by atoms with van der Waals surface area (Å²) < 4.78 is 26.4. The third kappa shape index (κ3) is 3.39. The van der Waals surface area contributed by atoms with Crippen molar-refractivity contribution in [2.75, 3.05) is 16.3 Å². The van der Waals surface area contributed by atoms with Gasteiger partial charge < -0.3 is 0 Å². The van der Waals surface area contributed by atoms with Gasteiger partial charge in [-0.1, -0.05) is 11.3 Å². The SMILES string of the molecule is Cc1sc2nc(NC(=O)c3ccc(NS(C)(=O)=O)cc3)nn2c1C. The van der Waals surface area contributed by atoms with Crippen LogP contribution in [0.5, 0.6) is 0 Å². The molecule has 0 bridgehead atoms. The number of hydrogen-bond donors (Lipinski definition) is 2. The van der Waals surface area contributed by atoms with E-state index in [2.05, 4.69) is 20.1 Å². The van der Waals surface area contributed by atoms with E-state index in [4.69, 9.17) is 0 Å². The molecule has 0 fully saturated rings. The summed E-state index contributed by atoms with van der Waals surface area (Å²) >= 11 is 1.50. The van der Waals surface area contributed by atoms with Crippen molar-refractivity contribution in [3.8, 4) is 0 Å². The molecule has 0 atom stereocenters. The maximum atomic E-state index is 12.2. The molecule has 0 unspecified atom stereocenters. The summed E-state index contributed by atoms with van der Waals surface area (Å²) in [6.07, 6.45) is 1.06. The van der Waals surface area contributed by atoms with Gasteiger partial charge in [0.25, 0.3) is 11.9 Å². The maximum absolute atomic E-state index is 12.2. The van der Waals surface area contributed by atoms with E-state index >= 15 is 0 Å². The average molecular weight is 365 g/mol. The zero-order valence-electron chi connectivity index (χ0n) is 13.2. The number of nitrogens with one attached hydrogen (secondary N) is 2. The number of aryl methyl sites for hydroxylation is 2. The fourth-order valence-corrected chi connectivity index (χ4v) is 3.54. The molecule has 1 aromatic carbocycles. The van der Waals surface area contributed by atoms with Gasteiger partial charge in [-0.2, -0.15) is 4.98 Å². The monoisotopic (exact) mass is 365 g/mol. The lowest BCUT2D eigenvalue weighted by atomic mass is 10.2. The number of fused-ring (bicyclic) bond motifs is 1. The normalized spacial score (nSPS) is 11.6. The van der Waals surface area contributed by atoms with Crippen molar-refractivity contribution < 1.29 is 13.2 Å². The summed E-state index contributed by atoms with van der Waals surface area (Å²) in [7, 11) is -3.35. The van der Waals surface area contributed by atoms with Crippen molar-refractivity contribution >= 4 is 43.9 Å². The molecule has 126 valence electrons. The molecule has 10 heteroatoms. The molecule has 0 saturated heterocycles. The fraction of sp³-hybridized carbons (Fsp3) is 0.214. The van der Waals surface area contributed by atoms with Crippen LogP contribution in [0.25, 0.3) is 4.96 Å². The Bertz CT molecular complexity index is 1020. The number of thiazole rings is 1. The summed E-state index contributed by atoms with van der Waals surface area (Å²) in [5.41, 5.74) is 1.75. The first-order valence-corrected chi connectivity index (χ1v) is 9.66. The summed E-state index contributed by atoms with van der Waals surface area (Å²) in [5.74, 6) is -0.138. The lowest BCUT2D eigenvalue weighted by molar-refractivity contribution is 0.102. The largest absolute Gasteiger partial charge is 0.289 e. The Kier molecular flexibility index (Phi) is 4.01. The van der Waals surface area contributed by atoms with E-state index in [-0.39, 0.29) is 11.9 Å². The quantitative estimate of drug-likeness (QED) is 0.736. The first-order valence-electron chi connectivity index (χ1n) is 6.95. The summed E-state index contributed by atoms with van der Waals surface area (Å²) in [5, 5.41) is 6.89. The van der Waals surface area contributed by atoms with Gasteiger partial charge >= 0.3 is 0 Å². The van der Waals surface area contributed by atoms with Gasteiger partial charge in [0.05, 0.1) is 11.9 Å². The molecule has 0 saturated carbocycles. The second-order valence-corrected chi connectivity index (χ2v) is 8.21. The summed E-state index contributed by atoms with van der Waals surface area (Å²) in [4.78, 5) is 18.3. The number of carbonyl (C=O) groups excluding carboxylic acids is 1. The topological polar surface area (TPSA) is 105 Å². The van der Waals surface area contributed by atoms with Crippen LogP contribution < -0.4 is 10.0 Å². The van der Waals surface area contributed by atoms with Gasteiger partial charge in [0, 0.05) is 16.1 Å². The number of rotatable bonds is 4. The number of nitrogens with zero attached hydrogens (tertiary/aromatic N) is 3.